The first-order valence-electron chi connectivity index (χ1n) is 29.6. The first-order chi connectivity index (χ1) is 42.5. The molecule has 5 fully saturated rings. The zero-order valence-corrected chi connectivity index (χ0v) is 54.9. The van der Waals surface area contributed by atoms with E-state index in [1.165, 1.54) is 35.3 Å². The molecule has 0 saturated carbocycles. The van der Waals surface area contributed by atoms with Crippen LogP contribution in [0.4, 0.5) is 0 Å². The van der Waals surface area contributed by atoms with Gasteiger partial charge in [-0.25, -0.2) is 4.79 Å². The average Bonchev–Trinajstić information content (AvgIpc) is 1.86. The van der Waals surface area contributed by atoms with Gasteiger partial charge in [-0.05, 0) is 100.0 Å². The number of H-pyrrole nitrogens is 1. The Labute approximate surface area is 562 Å². The molecule has 33 heteroatoms. The summed E-state index contributed by atoms with van der Waals surface area (Å²) in [5, 5.41) is 27.1. The number of aromatic nitrogens is 1. The Bertz CT molecular complexity index is 2920. The molecule has 6 heterocycles. The molecular formula is C57H82GdN15O15S2-3. The van der Waals surface area contributed by atoms with Gasteiger partial charge in [-0.3, -0.25) is 52.9 Å². The number of likely N-dealkylation sites (tertiary alicyclic amines) is 1. The van der Waals surface area contributed by atoms with E-state index in [0.29, 0.717) is 29.7 Å². The van der Waals surface area contributed by atoms with Gasteiger partial charge in [0, 0.05) is 83.1 Å². The molecule has 1 aromatic carbocycles. The fourth-order valence-electron chi connectivity index (χ4n) is 10.9. The number of hydrogen-bond donors (Lipinski definition) is 10. The number of aromatic amines is 1. The van der Waals surface area contributed by atoms with Crippen molar-refractivity contribution in [3.05, 3.63) is 54.7 Å². The first-order valence-corrected chi connectivity index (χ1v) is 32.4. The van der Waals surface area contributed by atoms with E-state index in [0.717, 1.165) is 10.9 Å². The fourth-order valence-corrected chi connectivity index (χ4v) is 11.8. The molecule has 5 aliphatic rings. The van der Waals surface area contributed by atoms with Crippen molar-refractivity contribution in [2.75, 3.05) is 96.0 Å². The Morgan fingerprint density at radius 2 is 1.23 bits per heavy atom. The predicted octanol–water partition coefficient (Wildman–Crippen LogP) is -2.32. The zero-order chi connectivity index (χ0) is 64.5. The largest absolute Gasteiger partial charge is 0.617 e. The van der Waals surface area contributed by atoms with E-state index in [1.807, 2.05) is 44.4 Å². The van der Waals surface area contributed by atoms with E-state index in [4.69, 9.17) is 25.7 Å². The van der Waals surface area contributed by atoms with Crippen molar-refractivity contribution in [3.8, 4) is 0 Å². The van der Waals surface area contributed by atoms with Crippen LogP contribution in [0.3, 0.4) is 0 Å². The second kappa shape index (κ2) is 35.2. The molecular weight excluding hydrogens is 1360 g/mol. The topological polar surface area (TPSA) is 404 Å². The number of ether oxygens (including phenoxy) is 3. The van der Waals surface area contributed by atoms with Gasteiger partial charge in [0.1, 0.15) is 42.3 Å². The van der Waals surface area contributed by atoms with E-state index < -0.39 is 108 Å². The summed E-state index contributed by atoms with van der Waals surface area (Å²) >= 11 is 2.82. The summed E-state index contributed by atoms with van der Waals surface area (Å²) in [6.07, 6.45) is 7.34. The van der Waals surface area contributed by atoms with Gasteiger partial charge in [0.15, 0.2) is 5.96 Å². The molecule has 90 heavy (non-hydrogen) atoms. The molecule has 30 nitrogen and oxygen atoms in total. The number of nitrogens with one attached hydrogen (secondary N) is 7. The maximum Gasteiger partial charge on any atom is 0.326 e. The molecule has 0 aliphatic carbocycles. The molecule has 5 saturated heterocycles. The van der Waals surface area contributed by atoms with Crippen molar-refractivity contribution in [1.82, 2.24) is 61.4 Å². The van der Waals surface area contributed by atoms with Crippen LogP contribution in [-0.2, 0) is 73.4 Å². The Morgan fingerprint density at radius 3 is 1.86 bits per heavy atom. The van der Waals surface area contributed by atoms with Crippen LogP contribution in [0.15, 0.2) is 35.5 Å². The number of carbonyl (C=O) groups excluding carboxylic acids is 10. The van der Waals surface area contributed by atoms with E-state index in [9.17, 15) is 57.8 Å². The normalized spacial score (nSPS) is 20.0. The van der Waals surface area contributed by atoms with Gasteiger partial charge < -0.3 is 92.2 Å². The third-order valence-corrected chi connectivity index (χ3v) is 16.8. The molecule has 0 unspecified atom stereocenters. The maximum absolute atomic E-state index is 14.5. The summed E-state index contributed by atoms with van der Waals surface area (Å²) in [5.41, 5.74) is 12.2. The number of para-hydroxylation sites is 1. The van der Waals surface area contributed by atoms with Crippen LogP contribution >= 0.6 is 23.5 Å². The molecule has 7 rings (SSSR count). The number of carbonyl (C=O) groups is 11. The van der Waals surface area contributed by atoms with Crippen molar-refractivity contribution in [2.45, 2.75) is 114 Å². The van der Waals surface area contributed by atoms with Gasteiger partial charge >= 0.3 is 5.97 Å². The fraction of sp³-hybridized carbons (Fsp3) is 0.596. The molecule has 0 radical (unpaired) electrons. The molecule has 7 atom stereocenters. The number of esters is 3. The molecule has 12 N–H and O–H groups in total. The Morgan fingerprint density at radius 1 is 0.689 bits per heavy atom. The van der Waals surface area contributed by atoms with Crippen molar-refractivity contribution in [3.63, 3.8) is 0 Å². The summed E-state index contributed by atoms with van der Waals surface area (Å²) in [6.45, 7) is 5.31. The number of rotatable bonds is 29. The number of aliphatic imine (C=N–C) groups is 1. The van der Waals surface area contributed by atoms with Crippen LogP contribution < -0.4 is 43.4 Å². The van der Waals surface area contributed by atoms with Crippen LogP contribution in [0, 0.1) is 64.5 Å². The van der Waals surface area contributed by atoms with Gasteiger partial charge in [0.25, 0.3) is 17.9 Å². The van der Waals surface area contributed by atoms with Gasteiger partial charge in [0.05, 0.1) is 26.2 Å². The number of benzene rings is 1. The average molecular weight is 1440 g/mol. The summed E-state index contributed by atoms with van der Waals surface area (Å²) in [6, 6.07) is -1.20. The van der Waals surface area contributed by atoms with Crippen LogP contribution in [0.2, 0.25) is 0 Å². The summed E-state index contributed by atoms with van der Waals surface area (Å²) in [7, 11) is 0. The molecule has 1 aromatic heterocycles. The van der Waals surface area contributed by atoms with Crippen LogP contribution in [0.5, 0.6) is 0 Å². The van der Waals surface area contributed by atoms with Gasteiger partial charge in [0.2, 0.25) is 41.4 Å². The molecule has 7 amide bonds. The minimum atomic E-state index is -1.33. The van der Waals surface area contributed by atoms with Crippen molar-refractivity contribution in [2.24, 2.45) is 22.4 Å². The minimum Gasteiger partial charge on any atom is -0.617 e. The number of guanidine groups is 1. The quantitative estimate of drug-likeness (QED) is 0.0102. The standard InChI is InChI=1S/C57H82N15O15S2.Gd/c1-32(2)22-40(53(80)67-41(23-34-24-61-36-11-7-6-10-35(34)36)54(81)63-38(15-21-89-5)52(79)65-39(56(83)84)12-8-16-60-57(58)59)66-50(77)33(3)62-51(78)37(14-20-88-4)64-55(82)42-13-9-17-72(42)43(73)25-68-18-19-69-29-47(74)86-45(69)27-71-31-49(76)87-46(71)28-70-30-48(75)85-44(70)26-68;/h6-7,10-11,24,32-33,37-42,61H,8-9,12-23,25-31H2,1-5H3,(H,62,78)(H,63,81)(H,64,82)(H,65,79)(H,66,77)(H,67,80)(H,83,84)(H4,58,59,60);/q-3;/t33-,37-,38-,39-,40-,41-,42-;/m0./s1. The van der Waals surface area contributed by atoms with Crippen LogP contribution in [-0.4, -0.2) is 244 Å². The van der Waals surface area contributed by atoms with Gasteiger partial charge in [-0.1, -0.05) is 57.3 Å². The van der Waals surface area contributed by atoms with E-state index >= 15 is 0 Å². The monoisotopic (exact) mass is 1440 g/mol. The smallest absolute Gasteiger partial charge is 0.326 e. The molecule has 0 bridgehead atoms. The number of carboxylic acid groups (broad SMARTS) is 1. The second-order valence-corrected chi connectivity index (χ2v) is 24.7. The summed E-state index contributed by atoms with van der Waals surface area (Å²) in [4.78, 5) is 165. The maximum atomic E-state index is 14.5. The van der Waals surface area contributed by atoms with Crippen molar-refractivity contribution in [1.29, 1.82) is 0 Å². The SMILES string of the molecule is CSCC[C@H](NC(=O)[C@H](Cc1c[nH]c2ccccc12)NC(=O)[C@H](CC(C)C)NC(=O)[C@H](C)NC(=O)[C@H](CCSC)NC(=O)[C@@H]1CCCN1C(=O)CN1CCN2CC(=O)O[C-]2CN2CC(=O)O[C-]2CN2CC(=O)O[C-]2C1)C(=O)N[C@@H](CCCN=C(N)N)C(=O)O.[Gd]. The summed E-state index contributed by atoms with van der Waals surface area (Å²) < 4.78 is 16.6. The Kier molecular flexibility index (Phi) is 28.6. The number of carboxylic acids is 1. The Hall–Kier alpha value is -5.94. The third kappa shape index (κ3) is 21.0. The number of aliphatic carboxylic acids is 1. The second-order valence-electron chi connectivity index (χ2n) is 22.8. The third-order valence-electron chi connectivity index (χ3n) is 15.5. The first kappa shape index (κ1) is 73.1. The number of fused-ring (bicyclic) bond motifs is 4. The van der Waals surface area contributed by atoms with Crippen LogP contribution in [0.1, 0.15) is 71.3 Å². The predicted molar refractivity (Wildman–Crippen MR) is 326 cm³/mol. The van der Waals surface area contributed by atoms with E-state index in [-0.39, 0.29) is 181 Å². The number of thioether (sulfide) groups is 2. The Balaban J connectivity index is 0.0000129. The van der Waals surface area contributed by atoms with Crippen LogP contribution in [0.25, 0.3) is 10.9 Å². The zero-order valence-electron chi connectivity index (χ0n) is 51.0. The molecule has 2 aromatic rings. The number of nitrogens with two attached hydrogens (primary N) is 2. The van der Waals surface area contributed by atoms with E-state index in [2.05, 4.69) is 41.9 Å². The van der Waals surface area contributed by atoms with Gasteiger partial charge in [-0.2, -0.15) is 23.5 Å². The molecule has 5 aliphatic heterocycles. The molecule has 498 valence electrons. The summed E-state index contributed by atoms with van der Waals surface area (Å²) in [5.74, 6) is -7.10. The van der Waals surface area contributed by atoms with Gasteiger partial charge in [-0.15, -0.1) is 13.1 Å². The minimum absolute atomic E-state index is 0. The number of amides is 7. The van der Waals surface area contributed by atoms with Crippen molar-refractivity contribution >= 4 is 106 Å². The van der Waals surface area contributed by atoms with Crippen molar-refractivity contribution < 1.29 is 112 Å². The molecule has 0 spiro atoms. The van der Waals surface area contributed by atoms with E-state index in [1.54, 1.807) is 32.1 Å². The number of hydrogen-bond acceptors (Lipinski definition) is 21. The number of nitrogens with zero attached hydrogens (tertiary/aromatic N) is 6.